The molecule has 1 aliphatic rings. The first-order chi connectivity index (χ1) is 12.1. The third kappa shape index (κ3) is 3.18. The fraction of sp³-hybridized carbons (Fsp3) is 0.263. The zero-order chi connectivity index (χ0) is 17.4. The Kier molecular flexibility index (Phi) is 4.29. The van der Waals surface area contributed by atoms with Gasteiger partial charge in [0.2, 0.25) is 5.91 Å². The van der Waals surface area contributed by atoms with Gasteiger partial charge in [-0.1, -0.05) is 12.1 Å². The first-order valence-electron chi connectivity index (χ1n) is 8.28. The molecule has 0 radical (unpaired) electrons. The van der Waals surface area contributed by atoms with Crippen molar-refractivity contribution in [1.82, 2.24) is 14.3 Å². The monoisotopic (exact) mass is 401 g/mol. The average Bonchev–Trinajstić information content (AvgIpc) is 3.22. The van der Waals surface area contributed by atoms with Crippen LogP contribution >= 0.6 is 15.9 Å². The predicted molar refractivity (Wildman–Crippen MR) is 96.7 cm³/mol. The highest BCUT2D eigenvalue weighted by molar-refractivity contribution is 9.10. The van der Waals surface area contributed by atoms with E-state index in [9.17, 15) is 9.18 Å². The fourth-order valence-corrected chi connectivity index (χ4v) is 3.85. The standard InChI is InChI=1S/C19H17BrFN3O/c20-14-6-7-18-22-11-16(24(18)12-14)10-19(25)23-8-2-5-17(23)13-3-1-4-15(21)9-13/h1,3-4,6-7,9,11-12,17H,2,5,8,10H2. The third-order valence-electron chi connectivity index (χ3n) is 4.69. The van der Waals surface area contributed by atoms with Gasteiger partial charge in [0.15, 0.2) is 0 Å². The summed E-state index contributed by atoms with van der Waals surface area (Å²) in [5.41, 5.74) is 2.53. The second-order valence-corrected chi connectivity index (χ2v) is 7.22. The van der Waals surface area contributed by atoms with E-state index in [0.717, 1.165) is 34.2 Å². The summed E-state index contributed by atoms with van der Waals surface area (Å²) in [6, 6.07) is 10.3. The second kappa shape index (κ2) is 6.59. The van der Waals surface area contributed by atoms with E-state index in [-0.39, 0.29) is 24.2 Å². The summed E-state index contributed by atoms with van der Waals surface area (Å²) in [6.07, 6.45) is 5.74. The first-order valence-corrected chi connectivity index (χ1v) is 9.07. The number of hydrogen-bond donors (Lipinski definition) is 0. The van der Waals surface area contributed by atoms with E-state index < -0.39 is 0 Å². The summed E-state index contributed by atoms with van der Waals surface area (Å²) in [7, 11) is 0. The van der Waals surface area contributed by atoms with E-state index in [1.807, 2.05) is 33.7 Å². The van der Waals surface area contributed by atoms with Gasteiger partial charge >= 0.3 is 0 Å². The Morgan fingerprint density at radius 1 is 1.32 bits per heavy atom. The number of imidazole rings is 1. The van der Waals surface area contributed by atoms with Crippen molar-refractivity contribution in [2.45, 2.75) is 25.3 Å². The normalized spacial score (nSPS) is 17.4. The molecule has 3 heterocycles. The topological polar surface area (TPSA) is 37.6 Å². The molecule has 0 spiro atoms. The van der Waals surface area contributed by atoms with Gasteiger partial charge < -0.3 is 9.30 Å². The molecule has 1 saturated heterocycles. The molecular weight excluding hydrogens is 385 g/mol. The van der Waals surface area contributed by atoms with Crippen molar-refractivity contribution >= 4 is 27.5 Å². The van der Waals surface area contributed by atoms with Crippen molar-refractivity contribution in [1.29, 1.82) is 0 Å². The van der Waals surface area contributed by atoms with Gasteiger partial charge in [-0.25, -0.2) is 9.37 Å². The van der Waals surface area contributed by atoms with Gasteiger partial charge in [0, 0.05) is 23.4 Å². The Bertz CT molecular complexity index is 939. The minimum Gasteiger partial charge on any atom is -0.335 e. The summed E-state index contributed by atoms with van der Waals surface area (Å²) in [4.78, 5) is 19.1. The lowest BCUT2D eigenvalue weighted by Crippen LogP contribution is -2.32. The largest absolute Gasteiger partial charge is 0.335 e. The number of fused-ring (bicyclic) bond motifs is 1. The molecule has 25 heavy (non-hydrogen) atoms. The zero-order valence-electron chi connectivity index (χ0n) is 13.5. The molecule has 3 aromatic rings. The highest BCUT2D eigenvalue weighted by Gasteiger charge is 2.30. The molecule has 6 heteroatoms. The highest BCUT2D eigenvalue weighted by atomic mass is 79.9. The summed E-state index contributed by atoms with van der Waals surface area (Å²) in [5, 5.41) is 0. The Labute approximate surface area is 153 Å². The molecule has 1 aromatic carbocycles. The number of hydrogen-bond acceptors (Lipinski definition) is 2. The second-order valence-electron chi connectivity index (χ2n) is 6.30. The molecule has 1 atom stereocenters. The van der Waals surface area contributed by atoms with Gasteiger partial charge in [-0.3, -0.25) is 4.79 Å². The Morgan fingerprint density at radius 3 is 3.04 bits per heavy atom. The number of pyridine rings is 1. The minimum atomic E-state index is -0.261. The molecule has 0 saturated carbocycles. The van der Waals surface area contributed by atoms with Crippen molar-refractivity contribution < 1.29 is 9.18 Å². The number of carbonyl (C=O) groups excluding carboxylic acids is 1. The van der Waals surface area contributed by atoms with Crippen LogP contribution in [0.15, 0.2) is 53.3 Å². The number of aromatic nitrogens is 2. The van der Waals surface area contributed by atoms with Crippen molar-refractivity contribution in [2.24, 2.45) is 0 Å². The molecular formula is C19H17BrFN3O. The molecule has 1 fully saturated rings. The maximum absolute atomic E-state index is 13.5. The van der Waals surface area contributed by atoms with Gasteiger partial charge in [-0.2, -0.15) is 0 Å². The minimum absolute atomic E-state index is 0.0471. The molecule has 1 amide bonds. The van der Waals surface area contributed by atoms with Crippen LogP contribution in [0.4, 0.5) is 4.39 Å². The van der Waals surface area contributed by atoms with Crippen molar-refractivity contribution in [3.8, 4) is 0 Å². The van der Waals surface area contributed by atoms with Crippen LogP contribution in [0.25, 0.3) is 5.65 Å². The summed E-state index contributed by atoms with van der Waals surface area (Å²) in [5.74, 6) is -0.211. The van der Waals surface area contributed by atoms with Gasteiger partial charge in [-0.15, -0.1) is 0 Å². The van der Waals surface area contributed by atoms with E-state index >= 15 is 0 Å². The van der Waals surface area contributed by atoms with Crippen LogP contribution < -0.4 is 0 Å². The number of halogens is 2. The van der Waals surface area contributed by atoms with Crippen LogP contribution in [0.2, 0.25) is 0 Å². The van der Waals surface area contributed by atoms with Gasteiger partial charge in [0.05, 0.1) is 18.2 Å². The van der Waals surface area contributed by atoms with Crippen molar-refractivity contribution in [2.75, 3.05) is 6.54 Å². The predicted octanol–water partition coefficient (Wildman–Crippen LogP) is 4.14. The molecule has 0 aliphatic carbocycles. The fourth-order valence-electron chi connectivity index (χ4n) is 3.52. The molecule has 1 aliphatic heterocycles. The van der Waals surface area contributed by atoms with Gasteiger partial charge in [-0.05, 0) is 58.6 Å². The third-order valence-corrected chi connectivity index (χ3v) is 5.15. The molecule has 0 N–H and O–H groups in total. The highest BCUT2D eigenvalue weighted by Crippen LogP contribution is 2.32. The Balaban J connectivity index is 1.58. The SMILES string of the molecule is O=C(Cc1cnc2ccc(Br)cn12)N1CCCC1c1cccc(F)c1. The lowest BCUT2D eigenvalue weighted by atomic mass is 10.0. The van der Waals surface area contributed by atoms with Gasteiger partial charge in [0.25, 0.3) is 0 Å². The van der Waals surface area contributed by atoms with Gasteiger partial charge in [0.1, 0.15) is 11.5 Å². The molecule has 1 unspecified atom stereocenters. The molecule has 4 nitrogen and oxygen atoms in total. The first kappa shape index (κ1) is 16.3. The van der Waals surface area contributed by atoms with E-state index in [2.05, 4.69) is 20.9 Å². The number of nitrogens with zero attached hydrogens (tertiary/aromatic N) is 3. The number of benzene rings is 1. The maximum atomic E-state index is 13.5. The summed E-state index contributed by atoms with van der Waals surface area (Å²) >= 11 is 3.45. The molecule has 4 rings (SSSR count). The van der Waals surface area contributed by atoms with Crippen LogP contribution in [0.1, 0.15) is 30.1 Å². The van der Waals surface area contributed by atoms with E-state index in [1.54, 1.807) is 12.3 Å². The van der Waals surface area contributed by atoms with Crippen LogP contribution in [-0.2, 0) is 11.2 Å². The smallest absolute Gasteiger partial charge is 0.229 e. The number of carbonyl (C=O) groups is 1. The van der Waals surface area contributed by atoms with Crippen LogP contribution in [-0.4, -0.2) is 26.7 Å². The van der Waals surface area contributed by atoms with Crippen LogP contribution in [0.5, 0.6) is 0 Å². The van der Waals surface area contributed by atoms with E-state index in [0.29, 0.717) is 6.54 Å². The number of rotatable bonds is 3. The molecule has 0 bridgehead atoms. The van der Waals surface area contributed by atoms with E-state index in [1.165, 1.54) is 12.1 Å². The summed E-state index contributed by atoms with van der Waals surface area (Å²) < 4.78 is 16.4. The van der Waals surface area contributed by atoms with Crippen molar-refractivity contribution in [3.05, 3.63) is 70.3 Å². The van der Waals surface area contributed by atoms with Crippen LogP contribution in [0.3, 0.4) is 0 Å². The maximum Gasteiger partial charge on any atom is 0.229 e. The lowest BCUT2D eigenvalue weighted by molar-refractivity contribution is -0.131. The molecule has 128 valence electrons. The average molecular weight is 402 g/mol. The number of amides is 1. The molecule has 2 aromatic heterocycles. The van der Waals surface area contributed by atoms with E-state index in [4.69, 9.17) is 0 Å². The zero-order valence-corrected chi connectivity index (χ0v) is 15.1. The Hall–Kier alpha value is -2.21. The quantitative estimate of drug-likeness (QED) is 0.661. The summed E-state index contributed by atoms with van der Waals surface area (Å²) in [6.45, 7) is 0.709. The Morgan fingerprint density at radius 2 is 2.20 bits per heavy atom. The number of likely N-dealkylation sites (tertiary alicyclic amines) is 1. The van der Waals surface area contributed by atoms with Crippen molar-refractivity contribution in [3.63, 3.8) is 0 Å². The van der Waals surface area contributed by atoms with Crippen LogP contribution in [0, 0.1) is 5.82 Å². The lowest BCUT2D eigenvalue weighted by Gasteiger charge is -2.25.